The second-order valence-electron chi connectivity index (χ2n) is 2.69. The van der Waals surface area contributed by atoms with Crippen LogP contribution in [0.25, 0.3) is 0 Å². The van der Waals surface area contributed by atoms with E-state index in [-0.39, 0.29) is 74.5 Å². The molecule has 0 unspecified atom stereocenters. The van der Waals surface area contributed by atoms with Crippen LogP contribution in [0.15, 0.2) is 0 Å². The van der Waals surface area contributed by atoms with Gasteiger partial charge in [0.05, 0.1) is 6.42 Å². The summed E-state index contributed by atoms with van der Waals surface area (Å²) in [7, 11) is 0. The van der Waals surface area contributed by atoms with E-state index in [1.807, 2.05) is 0 Å². The van der Waals surface area contributed by atoms with E-state index < -0.39 is 0 Å². The molecule has 4 nitrogen and oxygen atoms in total. The van der Waals surface area contributed by atoms with Gasteiger partial charge >= 0.3 is 0 Å². The fourth-order valence-corrected chi connectivity index (χ4v) is 0.351. The molecule has 0 bridgehead atoms. The van der Waals surface area contributed by atoms with E-state index in [1.54, 1.807) is 0 Å². The zero-order chi connectivity index (χ0) is 12.1. The van der Waals surface area contributed by atoms with Gasteiger partial charge in [0.1, 0.15) is 17.3 Å². The Morgan fingerprint density at radius 1 is 0.789 bits per heavy atom. The third kappa shape index (κ3) is 362. The number of hydrogen-bond donors (Lipinski definition) is 0. The SMILES string of the molecule is C.C.C.C.CC(=O)CC(C)=O.CC(C)=O.C[C-]=O.[W]. The molecule has 0 aliphatic carbocycles. The fourth-order valence-electron chi connectivity index (χ4n) is 0.351. The molecule has 0 saturated heterocycles. The minimum Gasteiger partial charge on any atom is -0.542 e. The van der Waals surface area contributed by atoms with Crippen LogP contribution < -0.4 is 0 Å². The van der Waals surface area contributed by atoms with E-state index in [0.29, 0.717) is 0 Å². The van der Waals surface area contributed by atoms with Crippen LogP contribution in [0.3, 0.4) is 0 Å². The molecule has 0 aliphatic heterocycles. The first-order valence-electron chi connectivity index (χ1n) is 4.02. The van der Waals surface area contributed by atoms with Crippen LogP contribution in [-0.4, -0.2) is 23.6 Å². The topological polar surface area (TPSA) is 68.3 Å². The minimum atomic E-state index is -0.0625. The number of rotatable bonds is 2. The summed E-state index contributed by atoms with van der Waals surface area (Å²) in [6.45, 7) is 7.18. The summed E-state index contributed by atoms with van der Waals surface area (Å²) in [5.74, 6) is 0.0417. The average molecular weight is 449 g/mol. The van der Waals surface area contributed by atoms with Crippen molar-refractivity contribution in [1.29, 1.82) is 0 Å². The van der Waals surface area contributed by atoms with Gasteiger partial charge in [-0.3, -0.25) is 15.9 Å². The van der Waals surface area contributed by atoms with E-state index in [9.17, 15) is 14.4 Å². The molecule has 5 heteroatoms. The molecule has 0 N–H and O–H groups in total. The van der Waals surface area contributed by atoms with Crippen molar-refractivity contribution in [3.05, 3.63) is 0 Å². The predicted molar refractivity (Wildman–Crippen MR) is 80.6 cm³/mol. The van der Waals surface area contributed by atoms with Crippen molar-refractivity contribution in [2.24, 2.45) is 0 Å². The molecule has 0 amide bonds. The second-order valence-corrected chi connectivity index (χ2v) is 2.69. The van der Waals surface area contributed by atoms with Crippen molar-refractivity contribution >= 4 is 23.6 Å². The molecule has 0 aromatic heterocycles. The zero-order valence-corrected chi connectivity index (χ0v) is 12.7. The van der Waals surface area contributed by atoms with Gasteiger partial charge in [-0.15, -0.1) is 0 Å². The van der Waals surface area contributed by atoms with Gasteiger partial charge in [-0.1, -0.05) is 29.7 Å². The van der Waals surface area contributed by atoms with Gasteiger partial charge in [-0.05, 0) is 27.7 Å². The van der Waals surface area contributed by atoms with E-state index in [4.69, 9.17) is 4.79 Å². The molecule has 0 atom stereocenters. The standard InChI is InChI=1S/C5H8O2.C3H6O.C2H3O.4CH4.W/c1-4(6)3-5(2)7;1-3(2)4;1-2-3;;;;;/h3H2,1-2H3;1-2H3;1H3;4*1H4;/q;;-1;;;;;. The van der Waals surface area contributed by atoms with E-state index in [2.05, 4.69) is 0 Å². The van der Waals surface area contributed by atoms with Gasteiger partial charge in [-0.25, -0.2) is 0 Å². The van der Waals surface area contributed by atoms with Gasteiger partial charge in [0.15, 0.2) is 0 Å². The molecular weight excluding hydrogens is 416 g/mol. The Kier molecular flexibility index (Phi) is 117. The molecule has 0 aliphatic rings. The first-order valence-corrected chi connectivity index (χ1v) is 4.02. The first-order chi connectivity index (χ1) is 6.27. The summed E-state index contributed by atoms with van der Waals surface area (Å²) < 4.78 is 0. The van der Waals surface area contributed by atoms with Crippen LogP contribution in [0.5, 0.6) is 0 Å². The number of Topliss-reactive ketones (excluding diaryl/α,β-unsaturated/α-hetero) is 3. The van der Waals surface area contributed by atoms with Crippen molar-refractivity contribution < 1.29 is 40.2 Å². The minimum absolute atomic E-state index is 0. The maximum Gasteiger partial charge on any atom is 0.137 e. The summed E-state index contributed by atoms with van der Waals surface area (Å²) in [4.78, 5) is 38.2. The molecule has 0 aromatic rings. The normalized spacial score (nSPS) is 5.11. The van der Waals surface area contributed by atoms with Gasteiger partial charge in [0.25, 0.3) is 0 Å². The first kappa shape index (κ1) is 51.5. The molecule has 0 aromatic carbocycles. The van der Waals surface area contributed by atoms with Gasteiger partial charge in [0, 0.05) is 21.1 Å². The molecular formula is C14H33O4W-. The molecule has 19 heavy (non-hydrogen) atoms. The van der Waals surface area contributed by atoms with Crippen molar-refractivity contribution in [2.75, 3.05) is 0 Å². The van der Waals surface area contributed by atoms with Crippen molar-refractivity contribution in [2.45, 2.75) is 70.7 Å². The summed E-state index contributed by atoms with van der Waals surface area (Å²) >= 11 is 0. The Morgan fingerprint density at radius 3 is 0.895 bits per heavy atom. The molecule has 0 spiro atoms. The van der Waals surface area contributed by atoms with Gasteiger partial charge in [-0.2, -0.15) is 6.92 Å². The summed E-state index contributed by atoms with van der Waals surface area (Å²) in [5.41, 5.74) is 0. The third-order valence-corrected chi connectivity index (χ3v) is 0.498. The Bertz CT molecular complexity index is 186. The Hall–Kier alpha value is -0.632. The fraction of sp³-hybridized carbons (Fsp3) is 0.714. The molecule has 0 heterocycles. The van der Waals surface area contributed by atoms with Crippen LogP contribution in [0.1, 0.15) is 70.7 Å². The quantitative estimate of drug-likeness (QED) is 0.475. The van der Waals surface area contributed by atoms with Crippen molar-refractivity contribution in [3.63, 3.8) is 0 Å². The predicted octanol–water partition coefficient (Wildman–Crippen LogP) is 3.81. The zero-order valence-electron chi connectivity index (χ0n) is 9.75. The Balaban J connectivity index is -0.0000000151. The van der Waals surface area contributed by atoms with Gasteiger partial charge < -0.3 is 9.59 Å². The van der Waals surface area contributed by atoms with E-state index in [0.717, 1.165) is 0 Å². The summed E-state index contributed by atoms with van der Waals surface area (Å²) in [6.07, 6.45) is 1.58. The monoisotopic (exact) mass is 449 g/mol. The second kappa shape index (κ2) is 43.3. The molecule has 0 fully saturated rings. The number of hydrogen-bond acceptors (Lipinski definition) is 4. The van der Waals surface area contributed by atoms with Crippen LogP contribution in [0.2, 0.25) is 0 Å². The van der Waals surface area contributed by atoms with Crippen molar-refractivity contribution in [1.82, 2.24) is 0 Å². The molecule has 0 saturated carbocycles. The molecule has 0 radical (unpaired) electrons. The molecule has 120 valence electrons. The average Bonchev–Trinajstić information content (AvgIpc) is 1.82. The smallest absolute Gasteiger partial charge is 0.137 e. The van der Waals surface area contributed by atoms with Crippen molar-refractivity contribution in [3.8, 4) is 0 Å². The van der Waals surface area contributed by atoms with Gasteiger partial charge in [0.2, 0.25) is 0 Å². The maximum atomic E-state index is 10.0. The van der Waals surface area contributed by atoms with Crippen LogP contribution >= 0.6 is 0 Å². The van der Waals surface area contributed by atoms with Crippen LogP contribution in [0.4, 0.5) is 0 Å². The third-order valence-electron chi connectivity index (χ3n) is 0.498. The Morgan fingerprint density at radius 2 is 0.895 bits per heavy atom. The molecule has 0 rings (SSSR count). The number of ketones is 3. The van der Waals surface area contributed by atoms with E-state index in [1.165, 1.54) is 40.9 Å². The number of carbonyl (C=O) groups excluding carboxylic acids is 4. The van der Waals surface area contributed by atoms with E-state index >= 15 is 0 Å². The number of carbonyl (C=O) groups is 3. The largest absolute Gasteiger partial charge is 0.542 e. The van der Waals surface area contributed by atoms with Crippen LogP contribution in [0, 0.1) is 0 Å². The Labute approximate surface area is 135 Å². The van der Waals surface area contributed by atoms with Crippen LogP contribution in [-0.2, 0) is 40.2 Å². The summed E-state index contributed by atoms with van der Waals surface area (Å²) in [6, 6.07) is 0. The maximum absolute atomic E-state index is 10.0. The summed E-state index contributed by atoms with van der Waals surface area (Å²) in [5, 5.41) is 0.